The molecule has 188 valence electrons. The van der Waals surface area contributed by atoms with E-state index in [4.69, 9.17) is 16.6 Å². The molecule has 2 aromatic heterocycles. The zero-order chi connectivity index (χ0) is 25.9. The van der Waals surface area contributed by atoms with Gasteiger partial charge in [0, 0.05) is 42.2 Å². The van der Waals surface area contributed by atoms with E-state index in [1.807, 2.05) is 30.0 Å². The molecule has 3 heterocycles. The summed E-state index contributed by atoms with van der Waals surface area (Å²) in [6.45, 7) is 3.42. The molecule has 10 nitrogen and oxygen atoms in total. The molecule has 1 amide bonds. The van der Waals surface area contributed by atoms with Crippen LogP contribution < -0.4 is 15.5 Å². The Balaban J connectivity index is 1.31. The normalized spacial score (nSPS) is 13.4. The number of thiocarbonyl (C=S) groups is 1. The van der Waals surface area contributed by atoms with Gasteiger partial charge in [0.15, 0.2) is 16.3 Å². The zero-order valence-electron chi connectivity index (χ0n) is 20.1. The van der Waals surface area contributed by atoms with Gasteiger partial charge in [0.1, 0.15) is 5.69 Å². The number of nitrogens with zero attached hydrogens (tertiary/aromatic N) is 4. The van der Waals surface area contributed by atoms with E-state index in [0.717, 1.165) is 37.9 Å². The average Bonchev–Trinajstić information content (AvgIpc) is 3.34. The minimum absolute atomic E-state index is 0.0623. The number of hydrogen-bond donors (Lipinski definition) is 2. The minimum atomic E-state index is -0.537. The van der Waals surface area contributed by atoms with Crippen LogP contribution in [0.2, 0.25) is 0 Å². The van der Waals surface area contributed by atoms with Crippen molar-refractivity contribution in [1.29, 1.82) is 0 Å². The predicted octanol–water partition coefficient (Wildman–Crippen LogP) is 5.22. The summed E-state index contributed by atoms with van der Waals surface area (Å²) in [5, 5.41) is 17.4. The third-order valence-electron chi connectivity index (χ3n) is 6.26. The topological polar surface area (TPSA) is 126 Å². The van der Waals surface area contributed by atoms with E-state index in [-0.39, 0.29) is 16.4 Å². The summed E-state index contributed by atoms with van der Waals surface area (Å²) >= 11 is 5.36. The SMILES string of the molecule is Cc1ccc(-c2nc3ncccc3o2)cc1NC(=S)NC(=O)c1ccc(N2CCCCC2)c([N+](=O)[O-])c1. The van der Waals surface area contributed by atoms with Gasteiger partial charge in [-0.2, -0.15) is 4.98 Å². The highest BCUT2D eigenvalue weighted by atomic mass is 32.1. The molecule has 1 aliphatic rings. The average molecular weight is 517 g/mol. The molecule has 1 fully saturated rings. The first kappa shape index (κ1) is 24.3. The number of carbonyl (C=O) groups is 1. The number of rotatable bonds is 5. The summed E-state index contributed by atoms with van der Waals surface area (Å²) in [6, 6.07) is 13.7. The number of amides is 1. The third kappa shape index (κ3) is 5.26. The molecule has 37 heavy (non-hydrogen) atoms. The molecule has 1 saturated heterocycles. The maximum atomic E-state index is 12.9. The summed E-state index contributed by atoms with van der Waals surface area (Å²) < 4.78 is 5.80. The molecular formula is C26H24N6O4S. The maximum absolute atomic E-state index is 12.9. The van der Waals surface area contributed by atoms with Crippen molar-refractivity contribution in [2.24, 2.45) is 0 Å². The van der Waals surface area contributed by atoms with E-state index < -0.39 is 10.8 Å². The van der Waals surface area contributed by atoms with Crippen LogP contribution in [0.1, 0.15) is 35.2 Å². The summed E-state index contributed by atoms with van der Waals surface area (Å²) in [7, 11) is 0. The molecule has 0 radical (unpaired) electrons. The zero-order valence-corrected chi connectivity index (χ0v) is 20.9. The molecule has 5 rings (SSSR count). The lowest BCUT2D eigenvalue weighted by atomic mass is 10.1. The summed E-state index contributed by atoms with van der Waals surface area (Å²) in [5.74, 6) is -0.127. The number of anilines is 2. The molecule has 1 aliphatic heterocycles. The van der Waals surface area contributed by atoms with Crippen LogP contribution in [-0.2, 0) is 0 Å². The van der Waals surface area contributed by atoms with E-state index >= 15 is 0 Å². The van der Waals surface area contributed by atoms with Crippen LogP contribution in [0.5, 0.6) is 0 Å². The number of benzene rings is 2. The molecule has 2 N–H and O–H groups in total. The number of oxazole rings is 1. The van der Waals surface area contributed by atoms with Crippen LogP contribution in [0.4, 0.5) is 17.1 Å². The molecule has 2 aromatic carbocycles. The second-order valence-corrected chi connectivity index (χ2v) is 9.20. The first-order valence-corrected chi connectivity index (χ1v) is 12.3. The van der Waals surface area contributed by atoms with Crippen molar-refractivity contribution in [3.8, 4) is 11.5 Å². The minimum Gasteiger partial charge on any atom is -0.434 e. The molecule has 0 atom stereocenters. The standard InChI is InChI=1S/C26H24N6O4S/c1-16-7-8-18(25-29-23-22(36-25)6-5-11-27-23)14-19(16)28-26(37)30-24(33)17-9-10-20(21(15-17)32(34)35)31-12-3-2-4-13-31/h5-11,14-15H,2-4,12-13H2,1H3,(H2,28,30,33,37). The van der Waals surface area contributed by atoms with Crippen molar-refractivity contribution in [2.45, 2.75) is 26.2 Å². The van der Waals surface area contributed by atoms with E-state index in [0.29, 0.717) is 34.1 Å². The number of nitro groups is 1. The Morgan fingerprint density at radius 2 is 1.95 bits per heavy atom. The van der Waals surface area contributed by atoms with Crippen molar-refractivity contribution in [2.75, 3.05) is 23.3 Å². The monoisotopic (exact) mass is 516 g/mol. The van der Waals surface area contributed by atoms with E-state index in [9.17, 15) is 14.9 Å². The Kier molecular flexibility index (Phi) is 6.78. The van der Waals surface area contributed by atoms with Crippen molar-refractivity contribution in [3.05, 3.63) is 76.0 Å². The van der Waals surface area contributed by atoms with Crippen LogP contribution in [0.15, 0.2) is 59.1 Å². The summed E-state index contributed by atoms with van der Waals surface area (Å²) in [4.78, 5) is 34.8. The van der Waals surface area contributed by atoms with Gasteiger partial charge in [-0.05, 0) is 80.4 Å². The van der Waals surface area contributed by atoms with Gasteiger partial charge >= 0.3 is 0 Å². The summed E-state index contributed by atoms with van der Waals surface area (Å²) in [5.41, 5.74) is 3.94. The van der Waals surface area contributed by atoms with Gasteiger partial charge in [-0.15, -0.1) is 0 Å². The van der Waals surface area contributed by atoms with Gasteiger partial charge in [-0.3, -0.25) is 20.2 Å². The highest BCUT2D eigenvalue weighted by Gasteiger charge is 2.23. The van der Waals surface area contributed by atoms with Crippen LogP contribution in [0, 0.1) is 17.0 Å². The predicted molar refractivity (Wildman–Crippen MR) is 145 cm³/mol. The lowest BCUT2D eigenvalue weighted by molar-refractivity contribution is -0.384. The largest absolute Gasteiger partial charge is 0.434 e. The number of fused-ring (bicyclic) bond motifs is 1. The molecule has 0 bridgehead atoms. The fraction of sp³-hybridized carbons (Fsp3) is 0.231. The van der Waals surface area contributed by atoms with E-state index in [1.54, 1.807) is 30.5 Å². The highest BCUT2D eigenvalue weighted by molar-refractivity contribution is 7.80. The van der Waals surface area contributed by atoms with E-state index in [2.05, 4.69) is 20.6 Å². The van der Waals surface area contributed by atoms with Crippen LogP contribution >= 0.6 is 12.2 Å². The van der Waals surface area contributed by atoms with Gasteiger partial charge in [0.2, 0.25) is 5.89 Å². The lowest BCUT2D eigenvalue weighted by Gasteiger charge is -2.28. The van der Waals surface area contributed by atoms with Gasteiger partial charge < -0.3 is 14.6 Å². The molecular weight excluding hydrogens is 492 g/mol. The summed E-state index contributed by atoms with van der Waals surface area (Å²) in [6.07, 6.45) is 4.74. The van der Waals surface area contributed by atoms with Crippen LogP contribution in [-0.4, -0.2) is 39.0 Å². The maximum Gasteiger partial charge on any atom is 0.293 e. The number of piperidine rings is 1. The number of nitrogens with one attached hydrogen (secondary N) is 2. The Labute approximate surface area is 217 Å². The Morgan fingerprint density at radius 1 is 1.14 bits per heavy atom. The van der Waals surface area contributed by atoms with Crippen LogP contribution in [0.25, 0.3) is 22.7 Å². The van der Waals surface area contributed by atoms with Crippen LogP contribution in [0.3, 0.4) is 0 Å². The second kappa shape index (κ2) is 10.3. The third-order valence-corrected chi connectivity index (χ3v) is 6.46. The van der Waals surface area contributed by atoms with Gasteiger partial charge in [-0.1, -0.05) is 6.07 Å². The van der Waals surface area contributed by atoms with Crippen molar-refractivity contribution < 1.29 is 14.1 Å². The molecule has 0 aliphatic carbocycles. The van der Waals surface area contributed by atoms with E-state index in [1.165, 1.54) is 6.07 Å². The van der Waals surface area contributed by atoms with Gasteiger partial charge in [0.05, 0.1) is 4.92 Å². The molecule has 4 aromatic rings. The fourth-order valence-electron chi connectivity index (χ4n) is 4.32. The fourth-order valence-corrected chi connectivity index (χ4v) is 4.53. The number of carbonyl (C=O) groups excluding carboxylic acids is 1. The number of pyridine rings is 1. The Hall–Kier alpha value is -4.38. The second-order valence-electron chi connectivity index (χ2n) is 8.79. The number of aryl methyl sites for hydroxylation is 1. The molecule has 0 saturated carbocycles. The number of aromatic nitrogens is 2. The van der Waals surface area contributed by atoms with Gasteiger partial charge in [0.25, 0.3) is 11.6 Å². The van der Waals surface area contributed by atoms with Crippen molar-refractivity contribution in [1.82, 2.24) is 15.3 Å². The molecule has 11 heteroatoms. The first-order chi connectivity index (χ1) is 17.9. The first-order valence-electron chi connectivity index (χ1n) is 11.9. The Morgan fingerprint density at radius 3 is 2.70 bits per heavy atom. The molecule has 0 unspecified atom stereocenters. The van der Waals surface area contributed by atoms with Crippen molar-refractivity contribution in [3.63, 3.8) is 0 Å². The molecule has 0 spiro atoms. The smallest absolute Gasteiger partial charge is 0.293 e. The van der Waals surface area contributed by atoms with Crippen molar-refractivity contribution >= 4 is 51.5 Å². The number of nitro benzene ring substituents is 1. The highest BCUT2D eigenvalue weighted by Crippen LogP contribution is 2.31. The quantitative estimate of drug-likeness (QED) is 0.208. The lowest BCUT2D eigenvalue weighted by Crippen LogP contribution is -2.34. The van der Waals surface area contributed by atoms with Gasteiger partial charge in [-0.25, -0.2) is 4.98 Å². The Bertz CT molecular complexity index is 1480. The number of hydrogen-bond acceptors (Lipinski definition) is 8.